The van der Waals surface area contributed by atoms with Crippen molar-refractivity contribution < 1.29 is 70.2 Å². The average molecular weight is 780 g/mol. The van der Waals surface area contributed by atoms with Gasteiger partial charge in [0.2, 0.25) is 0 Å². The van der Waals surface area contributed by atoms with Crippen LogP contribution in [0.25, 0.3) is 0 Å². The lowest BCUT2D eigenvalue weighted by Crippen LogP contribution is -2.50. The maximum atomic E-state index is 16.6. The van der Waals surface area contributed by atoms with Gasteiger partial charge in [0.05, 0.1) is 0 Å². The van der Waals surface area contributed by atoms with Gasteiger partial charge in [-0.2, -0.15) is 0 Å². The van der Waals surface area contributed by atoms with E-state index >= 15 is 70.2 Å². The van der Waals surface area contributed by atoms with Crippen molar-refractivity contribution in [2.24, 2.45) is 0 Å². The van der Waals surface area contributed by atoms with E-state index in [0.29, 0.717) is 0 Å². The molecule has 4 aromatic rings. The summed E-state index contributed by atoms with van der Waals surface area (Å²) in [5.74, 6) is -46.0. The van der Waals surface area contributed by atoms with Gasteiger partial charge in [0.15, 0.2) is 100 Å². The molecule has 284 valence electrons. The van der Waals surface area contributed by atoms with E-state index < -0.39 is 174 Å². The molecule has 4 fully saturated rings. The summed E-state index contributed by atoms with van der Waals surface area (Å²) < 4.78 is 258. The lowest BCUT2D eigenvalue weighted by Gasteiger charge is -2.38. The van der Waals surface area contributed by atoms with Crippen molar-refractivity contribution in [3.05, 3.63) is 132 Å². The third-order valence-corrected chi connectivity index (χ3v) is 10.9. The molecule has 0 radical (unpaired) electrons. The fourth-order valence-electron chi connectivity index (χ4n) is 7.75. The normalized spacial score (nSPS) is 17.5. The van der Waals surface area contributed by atoms with Crippen molar-refractivity contribution in [1.82, 2.24) is 0 Å². The van der Waals surface area contributed by atoms with Crippen molar-refractivity contribution >= 4 is 12.7 Å². The lowest BCUT2D eigenvalue weighted by atomic mass is 9.40. The molecular formula is C37H21BF16. The van der Waals surface area contributed by atoms with Gasteiger partial charge in [-0.15, -0.1) is 0 Å². The van der Waals surface area contributed by atoms with Crippen LogP contribution >= 0.6 is 0 Å². The van der Waals surface area contributed by atoms with Crippen molar-refractivity contribution in [1.29, 1.82) is 0 Å². The van der Waals surface area contributed by atoms with Gasteiger partial charge in [-0.3, -0.25) is 0 Å². The summed E-state index contributed by atoms with van der Waals surface area (Å²) in [6.07, 6.45) is -0.581. The van der Waals surface area contributed by atoms with E-state index in [2.05, 4.69) is 0 Å². The summed E-state index contributed by atoms with van der Waals surface area (Å²) in [4.78, 5) is 0. The Hall–Kier alpha value is -4.18. The number of halogens is 16. The monoisotopic (exact) mass is 780 g/mol. The summed E-state index contributed by atoms with van der Waals surface area (Å²) >= 11 is 0. The molecule has 0 heterocycles. The second-order valence-corrected chi connectivity index (χ2v) is 14.5. The van der Waals surface area contributed by atoms with E-state index in [1.54, 1.807) is 0 Å². The van der Waals surface area contributed by atoms with Crippen molar-refractivity contribution in [2.75, 3.05) is 0 Å². The molecule has 54 heavy (non-hydrogen) atoms. The maximum absolute atomic E-state index is 16.6. The summed E-state index contributed by atoms with van der Waals surface area (Å²) in [7, 11) is -2.68. The molecule has 4 aliphatic rings. The summed E-state index contributed by atoms with van der Waals surface area (Å²) in [6, 6.07) is 0. The van der Waals surface area contributed by atoms with E-state index in [1.807, 2.05) is 0 Å². The first kappa shape index (κ1) is 36.8. The number of hydrogen-bond donors (Lipinski definition) is 0. The Morgan fingerprint density at radius 3 is 0.648 bits per heavy atom. The Bertz CT molecular complexity index is 2010. The molecule has 0 unspecified atom stereocenters. The maximum Gasteiger partial charge on any atom is 0.189 e. The average Bonchev–Trinajstić information content (AvgIpc) is 3.92. The molecule has 4 aliphatic carbocycles. The highest BCUT2D eigenvalue weighted by molar-refractivity contribution is 6.59. The molecule has 0 spiro atoms. The van der Waals surface area contributed by atoms with Crippen LogP contribution in [-0.4, -0.2) is 7.28 Å². The predicted molar refractivity (Wildman–Crippen MR) is 160 cm³/mol. The van der Waals surface area contributed by atoms with Crippen molar-refractivity contribution in [2.45, 2.75) is 80.4 Å². The van der Waals surface area contributed by atoms with Gasteiger partial charge in [-0.25, -0.2) is 70.2 Å². The minimum absolute atomic E-state index is 0.0110. The van der Waals surface area contributed by atoms with Crippen LogP contribution in [0.15, 0.2) is 0 Å². The van der Waals surface area contributed by atoms with Gasteiger partial charge in [0.25, 0.3) is 0 Å². The lowest BCUT2D eigenvalue weighted by molar-refractivity contribution is 0.380. The Labute approximate surface area is 295 Å². The van der Waals surface area contributed by atoms with Crippen LogP contribution < -0.4 is 5.46 Å². The van der Waals surface area contributed by atoms with Crippen LogP contribution in [0.4, 0.5) is 70.2 Å². The van der Waals surface area contributed by atoms with Crippen LogP contribution in [-0.2, 0) is 5.31 Å². The largest absolute Gasteiger partial charge is 0.204 e. The highest BCUT2D eigenvalue weighted by Crippen LogP contribution is 2.54. The Morgan fingerprint density at radius 1 is 0.278 bits per heavy atom. The first-order valence-corrected chi connectivity index (χ1v) is 16.9. The fourth-order valence-corrected chi connectivity index (χ4v) is 7.75. The van der Waals surface area contributed by atoms with E-state index in [4.69, 9.17) is 0 Å². The van der Waals surface area contributed by atoms with E-state index in [1.165, 1.54) is 0 Å². The van der Waals surface area contributed by atoms with Gasteiger partial charge in [0.1, 0.15) is 0 Å². The van der Waals surface area contributed by atoms with Gasteiger partial charge in [-0.05, 0) is 80.5 Å². The minimum atomic E-state index is -4.87. The molecule has 8 rings (SSSR count). The van der Waals surface area contributed by atoms with Crippen molar-refractivity contribution in [3.63, 3.8) is 0 Å². The molecule has 0 bridgehead atoms. The predicted octanol–water partition coefficient (Wildman–Crippen LogP) is 10.5. The molecule has 17 heteroatoms. The molecule has 0 amide bonds. The number of hydrogen-bond acceptors (Lipinski definition) is 0. The molecule has 0 saturated heterocycles. The Balaban J connectivity index is 1.61. The Kier molecular flexibility index (Phi) is 8.46. The molecule has 0 N–H and O–H groups in total. The van der Waals surface area contributed by atoms with Crippen LogP contribution in [0.1, 0.15) is 114 Å². The molecule has 0 nitrogen and oxygen atoms in total. The zero-order valence-electron chi connectivity index (χ0n) is 27.2. The van der Waals surface area contributed by atoms with E-state index in [-0.39, 0.29) is 51.4 Å². The molecule has 4 aromatic carbocycles. The molecule has 0 aromatic heterocycles. The van der Waals surface area contributed by atoms with Crippen molar-refractivity contribution in [3.8, 4) is 0 Å². The van der Waals surface area contributed by atoms with Crippen LogP contribution in [0.5, 0.6) is 0 Å². The SMILES string of the molecule is Fc1c(F)c(C2CC2)c(F)c(F)c1BC(c1c(F)c(F)c(C2CC2)c(F)c1F)(c1c(F)c(F)c(C2CC2)c(F)c1F)c1c(F)c(F)c(C2CC2)c(F)c1F. The third kappa shape index (κ3) is 5.14. The highest BCUT2D eigenvalue weighted by atomic mass is 19.2. The molecule has 0 atom stereocenters. The molecule has 0 aliphatic heterocycles. The van der Waals surface area contributed by atoms with Gasteiger partial charge in [-0.1, -0.05) is 0 Å². The van der Waals surface area contributed by atoms with Gasteiger partial charge < -0.3 is 0 Å². The van der Waals surface area contributed by atoms with Gasteiger partial charge in [0, 0.05) is 44.3 Å². The first-order chi connectivity index (χ1) is 25.5. The van der Waals surface area contributed by atoms with E-state index in [9.17, 15) is 0 Å². The fraction of sp³-hybridized carbons (Fsp3) is 0.351. The van der Waals surface area contributed by atoms with E-state index in [0.717, 1.165) is 0 Å². The summed E-state index contributed by atoms with van der Waals surface area (Å²) in [5, 5.41) is -4.87. The quantitative estimate of drug-likeness (QED) is 0.0687. The highest BCUT2D eigenvalue weighted by Gasteiger charge is 2.56. The van der Waals surface area contributed by atoms with Gasteiger partial charge >= 0.3 is 0 Å². The first-order valence-electron chi connectivity index (χ1n) is 16.9. The van der Waals surface area contributed by atoms with Crippen LogP contribution in [0, 0.1) is 93.1 Å². The second kappa shape index (κ2) is 12.4. The minimum Gasteiger partial charge on any atom is -0.204 e. The Morgan fingerprint density at radius 2 is 0.463 bits per heavy atom. The molecule has 4 saturated carbocycles. The zero-order chi connectivity index (χ0) is 39.0. The van der Waals surface area contributed by atoms with Crippen LogP contribution in [0.2, 0.25) is 0 Å². The summed E-state index contributed by atoms with van der Waals surface area (Å²) in [5.41, 5.74) is -15.6. The summed E-state index contributed by atoms with van der Waals surface area (Å²) in [6.45, 7) is 0. The smallest absolute Gasteiger partial charge is 0.189 e. The number of benzene rings is 4. The standard InChI is InChI=1S/C37H21BF16/c39-21-13(9-1-2-9)22(40)30(48)17(29(21)47)37(18-31(49)23(41)14(10-3-4-10)24(42)32(18)50,19-33(51)25(43)15(11-5-6-11)26(44)34(19)52)38-20-35(53)27(45)16(12-7-8-12)28(46)36(20)54/h9-12,38H,1-8H2. The topological polar surface area (TPSA) is 0 Å². The zero-order valence-corrected chi connectivity index (χ0v) is 27.2. The second-order valence-electron chi connectivity index (χ2n) is 14.5. The third-order valence-electron chi connectivity index (χ3n) is 10.9. The molecular weight excluding hydrogens is 759 g/mol. The van der Waals surface area contributed by atoms with Crippen LogP contribution in [0.3, 0.4) is 0 Å². The number of rotatable bonds is 9.